The number of alkyl halides is 1. The van der Waals surface area contributed by atoms with E-state index in [0.717, 1.165) is 44.7 Å². The van der Waals surface area contributed by atoms with Gasteiger partial charge in [-0.15, -0.1) is 11.6 Å². The number of likely N-dealkylation sites (tertiary alicyclic amines) is 1. The zero-order valence-electron chi connectivity index (χ0n) is 19.4. The third-order valence-corrected chi connectivity index (χ3v) is 10.2. The van der Waals surface area contributed by atoms with Gasteiger partial charge < -0.3 is 10.6 Å². The fourth-order valence-electron chi connectivity index (χ4n) is 8.71. The molecule has 1 amide bonds. The molecule has 1 aromatic rings. The Kier molecular flexibility index (Phi) is 5.26. The molecule has 7 rings (SSSR count). The highest BCUT2D eigenvalue weighted by Crippen LogP contribution is 2.77. The first kappa shape index (κ1) is 21.8. The van der Waals surface area contributed by atoms with Gasteiger partial charge in [0.2, 0.25) is 5.91 Å². The number of hydrogen-bond acceptors (Lipinski definition) is 2. The second-order valence-corrected chi connectivity index (χ2v) is 12.3. The van der Waals surface area contributed by atoms with Gasteiger partial charge in [0, 0.05) is 30.4 Å². The van der Waals surface area contributed by atoms with Crippen molar-refractivity contribution in [1.29, 1.82) is 0 Å². The molecule has 1 aromatic carbocycles. The molecule has 0 aromatic heterocycles. The number of hydrogen-bond donors (Lipinski definition) is 1. The molecule has 1 saturated heterocycles. The standard InChI is InChI=1S/C27H39ClN2O/c1-18-21(10-7-12-28)19-14-26(20-8-5-4-6-9-20)16-27(15-19,23(18)26)24(31)30-13-11-22(29)25(2,3)17-30/h4-6,8-9,18-19,21-23H,7,10-17,29H2,1-3H3. The second kappa shape index (κ2) is 7.48. The summed E-state index contributed by atoms with van der Waals surface area (Å²) in [6.07, 6.45) is 6.61. The molecule has 6 aliphatic rings. The van der Waals surface area contributed by atoms with Crippen LogP contribution in [0.1, 0.15) is 64.9 Å². The summed E-state index contributed by atoms with van der Waals surface area (Å²) in [5.74, 6) is 3.58. The molecule has 4 bridgehead atoms. The summed E-state index contributed by atoms with van der Waals surface area (Å²) in [5, 5.41) is 0. The van der Waals surface area contributed by atoms with Crippen LogP contribution in [0.4, 0.5) is 0 Å². The van der Waals surface area contributed by atoms with E-state index in [2.05, 4.69) is 56.0 Å². The molecule has 0 spiro atoms. The molecule has 7 atom stereocenters. The molecule has 4 heteroatoms. The zero-order chi connectivity index (χ0) is 22.0. The summed E-state index contributed by atoms with van der Waals surface area (Å²) < 4.78 is 0. The van der Waals surface area contributed by atoms with E-state index in [1.165, 1.54) is 18.4 Å². The van der Waals surface area contributed by atoms with E-state index in [4.69, 9.17) is 17.3 Å². The number of nitrogens with two attached hydrogens (primary N) is 1. The summed E-state index contributed by atoms with van der Waals surface area (Å²) in [7, 11) is 0. The van der Waals surface area contributed by atoms with Gasteiger partial charge in [-0.1, -0.05) is 51.1 Å². The summed E-state index contributed by atoms with van der Waals surface area (Å²) in [4.78, 5) is 16.4. The van der Waals surface area contributed by atoms with Crippen LogP contribution < -0.4 is 5.73 Å². The summed E-state index contributed by atoms with van der Waals surface area (Å²) in [6, 6.07) is 11.3. The van der Waals surface area contributed by atoms with Crippen LogP contribution in [0.2, 0.25) is 0 Å². The molecular formula is C27H39ClN2O. The zero-order valence-corrected chi connectivity index (χ0v) is 20.2. The Labute approximate surface area is 193 Å². The predicted molar refractivity (Wildman–Crippen MR) is 127 cm³/mol. The molecule has 1 heterocycles. The first-order valence-corrected chi connectivity index (χ1v) is 13.0. The van der Waals surface area contributed by atoms with Crippen molar-refractivity contribution in [2.24, 2.45) is 40.2 Å². The van der Waals surface area contributed by atoms with Gasteiger partial charge in [0.1, 0.15) is 0 Å². The van der Waals surface area contributed by atoms with E-state index >= 15 is 0 Å². The fraction of sp³-hybridized carbons (Fsp3) is 0.741. The highest BCUT2D eigenvalue weighted by Gasteiger charge is 2.76. The van der Waals surface area contributed by atoms with Crippen LogP contribution >= 0.6 is 11.6 Å². The lowest BCUT2D eigenvalue weighted by molar-refractivity contribution is -0.236. The fourth-order valence-corrected chi connectivity index (χ4v) is 8.87. The Balaban J connectivity index is 1.48. The Bertz CT molecular complexity index is 839. The van der Waals surface area contributed by atoms with Crippen molar-refractivity contribution in [2.75, 3.05) is 19.0 Å². The molecule has 2 N–H and O–H groups in total. The Morgan fingerprint density at radius 2 is 1.97 bits per heavy atom. The smallest absolute Gasteiger partial charge is 0.229 e. The van der Waals surface area contributed by atoms with Crippen LogP contribution in [0.15, 0.2) is 30.3 Å². The molecule has 1 aliphatic heterocycles. The topological polar surface area (TPSA) is 46.3 Å². The molecule has 5 aliphatic carbocycles. The molecular weight excluding hydrogens is 404 g/mol. The average Bonchev–Trinajstić information content (AvgIpc) is 2.75. The van der Waals surface area contributed by atoms with Crippen LogP contribution in [0.3, 0.4) is 0 Å². The first-order chi connectivity index (χ1) is 14.7. The average molecular weight is 443 g/mol. The van der Waals surface area contributed by atoms with Gasteiger partial charge in [0.25, 0.3) is 0 Å². The van der Waals surface area contributed by atoms with E-state index in [9.17, 15) is 4.79 Å². The third kappa shape index (κ3) is 3.05. The van der Waals surface area contributed by atoms with Crippen LogP contribution in [0.25, 0.3) is 0 Å². The number of fused-ring (bicyclic) bond motifs is 1. The normalized spacial score (nSPS) is 42.9. The van der Waals surface area contributed by atoms with Crippen molar-refractivity contribution >= 4 is 17.5 Å². The number of carbonyl (C=O) groups excluding carboxylic acids is 1. The van der Waals surface area contributed by atoms with Gasteiger partial charge in [0.05, 0.1) is 5.41 Å². The maximum absolute atomic E-state index is 14.2. The van der Waals surface area contributed by atoms with Gasteiger partial charge in [-0.2, -0.15) is 0 Å². The largest absolute Gasteiger partial charge is 0.342 e. The summed E-state index contributed by atoms with van der Waals surface area (Å²) >= 11 is 6.08. The first-order valence-electron chi connectivity index (χ1n) is 12.4. The van der Waals surface area contributed by atoms with Gasteiger partial charge in [0.15, 0.2) is 0 Å². The third-order valence-electron chi connectivity index (χ3n) is 9.93. The number of halogens is 1. The number of amides is 1. The van der Waals surface area contributed by atoms with Crippen LogP contribution in [0, 0.1) is 34.5 Å². The lowest BCUT2D eigenvalue weighted by Crippen LogP contribution is -2.76. The Hall–Kier alpha value is -1.06. The maximum Gasteiger partial charge on any atom is 0.229 e. The molecule has 6 fully saturated rings. The van der Waals surface area contributed by atoms with Crippen molar-refractivity contribution in [3.8, 4) is 0 Å². The van der Waals surface area contributed by atoms with E-state index in [0.29, 0.717) is 29.6 Å². The van der Waals surface area contributed by atoms with Crippen molar-refractivity contribution in [3.63, 3.8) is 0 Å². The van der Waals surface area contributed by atoms with Crippen LogP contribution in [-0.2, 0) is 10.2 Å². The number of nitrogens with zero attached hydrogens (tertiary/aromatic N) is 1. The predicted octanol–water partition coefficient (Wildman–Crippen LogP) is 5.21. The van der Waals surface area contributed by atoms with Crippen molar-refractivity contribution in [3.05, 3.63) is 35.9 Å². The number of rotatable bonds is 5. The highest BCUT2D eigenvalue weighted by atomic mass is 35.5. The van der Waals surface area contributed by atoms with Crippen molar-refractivity contribution in [2.45, 2.75) is 70.8 Å². The van der Waals surface area contributed by atoms with Crippen molar-refractivity contribution < 1.29 is 4.79 Å². The highest BCUT2D eigenvalue weighted by molar-refractivity contribution is 6.17. The van der Waals surface area contributed by atoms with E-state index < -0.39 is 0 Å². The molecule has 170 valence electrons. The quantitative estimate of drug-likeness (QED) is 0.636. The molecule has 0 radical (unpaired) electrons. The van der Waals surface area contributed by atoms with Crippen LogP contribution in [0.5, 0.6) is 0 Å². The lowest BCUT2D eigenvalue weighted by atomic mass is 9.28. The molecule has 5 saturated carbocycles. The number of carbonyl (C=O) groups is 1. The Morgan fingerprint density at radius 3 is 2.61 bits per heavy atom. The van der Waals surface area contributed by atoms with Gasteiger partial charge in [-0.05, 0) is 73.2 Å². The Morgan fingerprint density at radius 1 is 1.23 bits per heavy atom. The lowest BCUT2D eigenvalue weighted by Gasteiger charge is -2.75. The van der Waals surface area contributed by atoms with E-state index in [-0.39, 0.29) is 22.3 Å². The minimum absolute atomic E-state index is 0.00695. The second-order valence-electron chi connectivity index (χ2n) is 12.0. The SMILES string of the molecule is CC1C(CCCCl)C2CC3(C(=O)N4CCC(N)C(C)(C)C4)CC(c4ccccc4)(C2)C13. The number of piperidine rings is 1. The molecule has 3 nitrogen and oxygen atoms in total. The monoisotopic (exact) mass is 442 g/mol. The summed E-state index contributed by atoms with van der Waals surface area (Å²) in [6.45, 7) is 8.52. The maximum atomic E-state index is 14.2. The minimum atomic E-state index is -0.160. The van der Waals surface area contributed by atoms with Gasteiger partial charge >= 0.3 is 0 Å². The van der Waals surface area contributed by atoms with Gasteiger partial charge in [-0.3, -0.25) is 4.79 Å². The minimum Gasteiger partial charge on any atom is -0.342 e. The molecule has 7 unspecified atom stereocenters. The van der Waals surface area contributed by atoms with Crippen LogP contribution in [-0.4, -0.2) is 35.8 Å². The van der Waals surface area contributed by atoms with E-state index in [1.54, 1.807) is 0 Å². The van der Waals surface area contributed by atoms with Gasteiger partial charge in [-0.25, -0.2) is 0 Å². The molecule has 31 heavy (non-hydrogen) atoms. The number of benzene rings is 1. The summed E-state index contributed by atoms with van der Waals surface area (Å²) in [5.41, 5.74) is 7.89. The van der Waals surface area contributed by atoms with E-state index in [1.807, 2.05) is 0 Å². The van der Waals surface area contributed by atoms with Crippen molar-refractivity contribution in [1.82, 2.24) is 4.90 Å².